The molecule has 0 aliphatic carbocycles. The minimum Gasteiger partial charge on any atom is -0.491 e. The number of nitrogens with one attached hydrogen (secondary N) is 1. The Kier molecular flexibility index (Phi) is 1.90. The summed E-state index contributed by atoms with van der Waals surface area (Å²) in [6, 6.07) is 7.46. The normalized spacial score (nSPS) is 16.1. The summed E-state index contributed by atoms with van der Waals surface area (Å²) in [5.41, 5.74) is 0.755. The van der Waals surface area contributed by atoms with Crippen molar-refractivity contribution in [2.24, 2.45) is 5.84 Å². The van der Waals surface area contributed by atoms with Gasteiger partial charge in [0.25, 0.3) is 0 Å². The highest BCUT2D eigenvalue weighted by Gasteiger charge is 2.16. The molecule has 1 heterocycles. The summed E-state index contributed by atoms with van der Waals surface area (Å²) in [5.74, 6) is 6.84. The first kappa shape index (κ1) is 8.07. The van der Waals surface area contributed by atoms with E-state index in [4.69, 9.17) is 16.0 Å². The van der Waals surface area contributed by atoms with Crippen LogP contribution in [-0.2, 0) is 0 Å². The van der Waals surface area contributed by atoms with E-state index in [2.05, 4.69) is 0 Å². The zero-order chi connectivity index (χ0) is 9.26. The molecule has 0 atom stereocenters. The van der Waals surface area contributed by atoms with Gasteiger partial charge in [-0.1, -0.05) is 12.1 Å². The molecule has 0 aromatic heterocycles. The van der Waals surface area contributed by atoms with Crippen molar-refractivity contribution in [3.05, 3.63) is 24.3 Å². The van der Waals surface area contributed by atoms with E-state index in [-0.39, 0.29) is 0 Å². The van der Waals surface area contributed by atoms with Crippen LogP contribution in [0.1, 0.15) is 6.42 Å². The number of benzene rings is 1. The third-order valence-corrected chi connectivity index (χ3v) is 2.01. The fourth-order valence-electron chi connectivity index (χ4n) is 1.30. The number of anilines is 1. The number of fused-ring (bicyclic) bond motifs is 1. The second-order valence-corrected chi connectivity index (χ2v) is 2.88. The Labute approximate surface area is 76.4 Å². The van der Waals surface area contributed by atoms with Gasteiger partial charge in [0.1, 0.15) is 17.3 Å². The Morgan fingerprint density at radius 1 is 1.38 bits per heavy atom. The molecule has 4 heteroatoms. The van der Waals surface area contributed by atoms with Crippen molar-refractivity contribution >= 4 is 11.5 Å². The van der Waals surface area contributed by atoms with Crippen LogP contribution in [-0.4, -0.2) is 12.4 Å². The fourth-order valence-corrected chi connectivity index (χ4v) is 1.30. The van der Waals surface area contributed by atoms with Gasteiger partial charge in [0, 0.05) is 6.42 Å². The Balaban J connectivity index is 2.46. The van der Waals surface area contributed by atoms with Crippen molar-refractivity contribution < 1.29 is 4.74 Å². The average molecular weight is 177 g/mol. The van der Waals surface area contributed by atoms with E-state index in [1.165, 1.54) is 5.01 Å². The van der Waals surface area contributed by atoms with Crippen molar-refractivity contribution in [2.45, 2.75) is 6.42 Å². The van der Waals surface area contributed by atoms with E-state index in [0.717, 1.165) is 11.4 Å². The van der Waals surface area contributed by atoms with E-state index in [1.807, 2.05) is 24.3 Å². The first-order chi connectivity index (χ1) is 6.29. The lowest BCUT2D eigenvalue weighted by molar-refractivity contribution is 0.333. The number of hydrazine groups is 1. The van der Waals surface area contributed by atoms with Gasteiger partial charge in [-0.2, -0.15) is 0 Å². The van der Waals surface area contributed by atoms with Gasteiger partial charge >= 0.3 is 0 Å². The van der Waals surface area contributed by atoms with Crippen LogP contribution in [0.25, 0.3) is 0 Å². The molecular formula is C9H11N3O. The van der Waals surface area contributed by atoms with Crippen LogP contribution in [0.3, 0.4) is 0 Å². The molecule has 13 heavy (non-hydrogen) atoms. The molecule has 1 aromatic rings. The largest absolute Gasteiger partial charge is 0.491 e. The lowest BCUT2D eigenvalue weighted by Crippen LogP contribution is -2.36. The molecule has 0 fully saturated rings. The van der Waals surface area contributed by atoms with E-state index >= 15 is 0 Å². The summed E-state index contributed by atoms with van der Waals surface area (Å²) in [4.78, 5) is 0. The number of amidine groups is 1. The van der Waals surface area contributed by atoms with E-state index in [1.54, 1.807) is 0 Å². The molecular weight excluding hydrogens is 166 g/mol. The van der Waals surface area contributed by atoms with Crippen LogP contribution in [0.5, 0.6) is 5.75 Å². The summed E-state index contributed by atoms with van der Waals surface area (Å²) in [6.07, 6.45) is 0.547. The third-order valence-electron chi connectivity index (χ3n) is 2.01. The SMILES string of the molecule is N=C1CCOc2ccccc2N1N. The first-order valence-corrected chi connectivity index (χ1v) is 4.13. The minimum atomic E-state index is 0.380. The summed E-state index contributed by atoms with van der Waals surface area (Å²) in [6.45, 7) is 0.517. The van der Waals surface area contributed by atoms with E-state index in [9.17, 15) is 0 Å². The molecule has 0 bridgehead atoms. The van der Waals surface area contributed by atoms with Crippen LogP contribution in [0.2, 0.25) is 0 Å². The Morgan fingerprint density at radius 2 is 2.15 bits per heavy atom. The monoisotopic (exact) mass is 177 g/mol. The lowest BCUT2D eigenvalue weighted by Gasteiger charge is -2.16. The van der Waals surface area contributed by atoms with Crippen molar-refractivity contribution in [3.8, 4) is 5.75 Å². The fraction of sp³-hybridized carbons (Fsp3) is 0.222. The molecule has 1 aliphatic rings. The molecule has 0 saturated heterocycles. The molecule has 4 nitrogen and oxygen atoms in total. The molecule has 0 spiro atoms. The zero-order valence-electron chi connectivity index (χ0n) is 7.16. The van der Waals surface area contributed by atoms with Crippen molar-refractivity contribution in [2.75, 3.05) is 11.6 Å². The van der Waals surface area contributed by atoms with Gasteiger partial charge in [-0.15, -0.1) is 0 Å². The third kappa shape index (κ3) is 1.36. The summed E-state index contributed by atoms with van der Waals surface area (Å²) in [7, 11) is 0. The van der Waals surface area contributed by atoms with Crippen LogP contribution in [0.4, 0.5) is 5.69 Å². The summed E-state index contributed by atoms with van der Waals surface area (Å²) >= 11 is 0. The second-order valence-electron chi connectivity index (χ2n) is 2.88. The van der Waals surface area contributed by atoms with E-state index < -0.39 is 0 Å². The first-order valence-electron chi connectivity index (χ1n) is 4.13. The zero-order valence-corrected chi connectivity index (χ0v) is 7.16. The van der Waals surface area contributed by atoms with E-state index in [0.29, 0.717) is 18.9 Å². The predicted octanol–water partition coefficient (Wildman–Crippen LogP) is 1.13. The number of hydrogen-bond acceptors (Lipinski definition) is 3. The molecule has 2 rings (SSSR count). The van der Waals surface area contributed by atoms with Gasteiger partial charge in [-0.25, -0.2) is 5.84 Å². The molecule has 1 aromatic carbocycles. The van der Waals surface area contributed by atoms with Crippen molar-refractivity contribution in [3.63, 3.8) is 0 Å². The molecule has 0 unspecified atom stereocenters. The highest BCUT2D eigenvalue weighted by atomic mass is 16.5. The predicted molar refractivity (Wildman–Crippen MR) is 50.9 cm³/mol. The number of ether oxygens (including phenoxy) is 1. The Hall–Kier alpha value is -1.55. The Bertz CT molecular complexity index is 337. The van der Waals surface area contributed by atoms with Crippen molar-refractivity contribution in [1.82, 2.24) is 0 Å². The van der Waals surface area contributed by atoms with Crippen LogP contribution in [0, 0.1) is 5.41 Å². The Morgan fingerprint density at radius 3 is 3.00 bits per heavy atom. The van der Waals surface area contributed by atoms with Gasteiger partial charge in [-0.05, 0) is 12.1 Å². The second kappa shape index (κ2) is 3.06. The number of nitrogens with two attached hydrogens (primary N) is 1. The van der Waals surface area contributed by atoms with Gasteiger partial charge in [0.2, 0.25) is 0 Å². The van der Waals surface area contributed by atoms with Crippen LogP contribution in [0.15, 0.2) is 24.3 Å². The van der Waals surface area contributed by atoms with Crippen molar-refractivity contribution in [1.29, 1.82) is 5.41 Å². The highest BCUT2D eigenvalue weighted by molar-refractivity contribution is 5.96. The number of hydrogen-bond donors (Lipinski definition) is 2. The number of rotatable bonds is 0. The number of nitrogens with zero attached hydrogens (tertiary/aromatic N) is 1. The maximum Gasteiger partial charge on any atom is 0.144 e. The summed E-state index contributed by atoms with van der Waals surface area (Å²) in [5, 5.41) is 8.95. The smallest absolute Gasteiger partial charge is 0.144 e. The molecule has 0 saturated carbocycles. The average Bonchev–Trinajstić information content (AvgIpc) is 2.29. The maximum atomic E-state index is 7.59. The highest BCUT2D eigenvalue weighted by Crippen LogP contribution is 2.28. The van der Waals surface area contributed by atoms with Gasteiger partial charge in [0.05, 0.1) is 6.61 Å². The van der Waals surface area contributed by atoms with Crippen LogP contribution < -0.4 is 15.6 Å². The standard InChI is InChI=1S/C9H11N3O/c10-9-5-6-13-8-4-2-1-3-7(8)12(9)11/h1-4,10H,5-6,11H2. The molecule has 68 valence electrons. The quantitative estimate of drug-likeness (QED) is 0.584. The van der Waals surface area contributed by atoms with Gasteiger partial charge in [-0.3, -0.25) is 10.4 Å². The van der Waals surface area contributed by atoms with Gasteiger partial charge < -0.3 is 4.74 Å². The lowest BCUT2D eigenvalue weighted by atomic mass is 10.3. The molecule has 0 amide bonds. The topological polar surface area (TPSA) is 62.3 Å². The molecule has 3 N–H and O–H groups in total. The minimum absolute atomic E-state index is 0.380. The van der Waals surface area contributed by atoms with Crippen LogP contribution >= 0.6 is 0 Å². The molecule has 0 radical (unpaired) electrons. The van der Waals surface area contributed by atoms with Gasteiger partial charge in [0.15, 0.2) is 0 Å². The maximum absolute atomic E-state index is 7.59. The number of para-hydroxylation sites is 2. The molecule has 1 aliphatic heterocycles. The summed E-state index contributed by atoms with van der Waals surface area (Å²) < 4.78 is 5.43.